The Morgan fingerprint density at radius 1 is 0.286 bits per heavy atom. The van der Waals surface area contributed by atoms with Gasteiger partial charge in [0.05, 0.1) is 0 Å². The summed E-state index contributed by atoms with van der Waals surface area (Å²) in [5.74, 6) is 0. The molecule has 0 nitrogen and oxygen atoms in total. The molecule has 0 bridgehead atoms. The van der Waals surface area contributed by atoms with E-state index in [2.05, 4.69) is 200 Å². The maximum absolute atomic E-state index is 2.52. The van der Waals surface area contributed by atoms with E-state index in [-0.39, 0.29) is 0 Å². The Morgan fingerprint density at radius 3 is 1.59 bits per heavy atom. The van der Waals surface area contributed by atoms with Crippen LogP contribution in [0.2, 0.25) is 0 Å². The molecule has 10 aromatic rings. The van der Waals surface area contributed by atoms with Crippen molar-refractivity contribution < 1.29 is 0 Å². The molecule has 0 radical (unpaired) electrons. The van der Waals surface area contributed by atoms with E-state index in [4.69, 9.17) is 0 Å². The van der Waals surface area contributed by atoms with Crippen LogP contribution in [0.25, 0.3) is 99.1 Å². The molecule has 2 heteroatoms. The van der Waals surface area contributed by atoms with E-state index < -0.39 is 15.4 Å². The molecule has 0 aliphatic carbocycles. The van der Waals surface area contributed by atoms with Crippen LogP contribution in [-0.4, -0.2) is 31.9 Å². The standard InChI is InChI=1S/C54H38Ge2/c55-50-28-10-8-21-42(50)39-20-7-6-19-38(39)40-23-12-25-44-48(40)33-49-41(43-27-14-30-52-54(43)46-22-9-11-29-51(46)56-52)24-13-26-45(49)53(44)36-31-35-17-4-5-18-37(35)47(32-36)34-15-2-1-3-16-34/h1-33H,56H2,55H3. The third-order valence-electron chi connectivity index (χ3n) is 12.0. The molecule has 0 spiro atoms. The SMILES string of the molecule is [GeH3][c]1ccccc1-c1ccccc1-c1cccc2c(-c3cc(-c4ccccc4)c4ccccc4c3)c3cccc(-c4ccc[c]5c4-c4cccc[c]4[GeH2]5)c3cc12. The molecule has 1 aliphatic heterocycles. The minimum atomic E-state index is -1.07. The van der Waals surface area contributed by atoms with Gasteiger partial charge in [-0.05, 0) is 0 Å². The molecule has 10 aromatic carbocycles. The third kappa shape index (κ3) is 5.43. The fourth-order valence-corrected chi connectivity index (χ4v) is 14.9. The van der Waals surface area contributed by atoms with E-state index in [9.17, 15) is 0 Å². The second-order valence-corrected chi connectivity index (χ2v) is 21.4. The quantitative estimate of drug-likeness (QED) is 0.120. The predicted octanol–water partition coefficient (Wildman–Crippen LogP) is 10.6. The molecule has 0 amide bonds. The summed E-state index contributed by atoms with van der Waals surface area (Å²) in [6.07, 6.45) is 0. The van der Waals surface area contributed by atoms with Crippen LogP contribution < -0.4 is 13.2 Å². The summed E-state index contributed by atoms with van der Waals surface area (Å²) in [6.45, 7) is 0. The molecule has 11 rings (SSSR count). The second-order valence-electron chi connectivity index (χ2n) is 15.2. The van der Waals surface area contributed by atoms with E-state index in [1.54, 1.807) is 8.79 Å². The van der Waals surface area contributed by atoms with Gasteiger partial charge in [0.15, 0.2) is 0 Å². The van der Waals surface area contributed by atoms with Crippen molar-refractivity contribution in [3.8, 4) is 66.8 Å². The van der Waals surface area contributed by atoms with Gasteiger partial charge < -0.3 is 0 Å². The number of hydrogen-bond donors (Lipinski definition) is 0. The summed E-state index contributed by atoms with van der Waals surface area (Å²) >= 11 is -0.519. The average molecular weight is 832 g/mol. The van der Waals surface area contributed by atoms with Crippen LogP contribution in [0.3, 0.4) is 0 Å². The molecular weight excluding hydrogens is 794 g/mol. The van der Waals surface area contributed by atoms with Crippen molar-refractivity contribution in [1.29, 1.82) is 0 Å². The first-order valence-corrected chi connectivity index (χ1v) is 24.7. The molecule has 1 heterocycles. The summed E-state index contributed by atoms with van der Waals surface area (Å²) in [5, 5.41) is 7.66. The molecule has 1 aliphatic rings. The van der Waals surface area contributed by atoms with Gasteiger partial charge in [-0.25, -0.2) is 0 Å². The van der Waals surface area contributed by atoms with Gasteiger partial charge in [0.25, 0.3) is 0 Å². The zero-order valence-corrected chi connectivity index (χ0v) is 38.4. The van der Waals surface area contributed by atoms with E-state index in [0.29, 0.717) is 16.5 Å². The van der Waals surface area contributed by atoms with Crippen molar-refractivity contribution in [3.05, 3.63) is 200 Å². The zero-order valence-electron chi connectivity index (χ0n) is 31.3. The number of hydrogen-bond acceptors (Lipinski definition) is 0. The first-order valence-electron chi connectivity index (χ1n) is 19.6. The molecule has 0 N–H and O–H groups in total. The molecule has 0 fully saturated rings. The van der Waals surface area contributed by atoms with Gasteiger partial charge in [-0.15, -0.1) is 0 Å². The Hall–Kier alpha value is -5.93. The first-order chi connectivity index (χ1) is 27.7. The van der Waals surface area contributed by atoms with Gasteiger partial charge in [-0.1, -0.05) is 24.3 Å². The fraction of sp³-hybridized carbons (Fsp3) is 0. The van der Waals surface area contributed by atoms with Crippen molar-refractivity contribution in [3.63, 3.8) is 0 Å². The topological polar surface area (TPSA) is 0 Å². The molecule has 0 aromatic heterocycles. The van der Waals surface area contributed by atoms with Gasteiger partial charge >= 0.3 is 320 Å². The third-order valence-corrected chi connectivity index (χ3v) is 18.0. The Morgan fingerprint density at radius 2 is 0.821 bits per heavy atom. The molecule has 0 unspecified atom stereocenters. The molecule has 0 saturated heterocycles. The van der Waals surface area contributed by atoms with Gasteiger partial charge in [-0.2, -0.15) is 0 Å². The van der Waals surface area contributed by atoms with Crippen LogP contribution >= 0.6 is 0 Å². The molecule has 56 heavy (non-hydrogen) atoms. The van der Waals surface area contributed by atoms with Crippen molar-refractivity contribution >= 4 is 77.5 Å². The predicted molar refractivity (Wildman–Crippen MR) is 249 cm³/mol. The Kier molecular flexibility index (Phi) is 8.15. The average Bonchev–Trinajstić information content (AvgIpc) is 3.64. The van der Waals surface area contributed by atoms with Crippen LogP contribution in [-0.2, 0) is 0 Å². The Balaban J connectivity index is 1.27. The normalized spacial score (nSPS) is 12.4. The van der Waals surface area contributed by atoms with Crippen molar-refractivity contribution in [2.75, 3.05) is 0 Å². The number of fused-ring (bicyclic) bond motifs is 6. The summed E-state index contributed by atoms with van der Waals surface area (Å²) in [6, 6.07) is 75.4. The van der Waals surface area contributed by atoms with E-state index in [1.165, 1.54) is 103 Å². The first kappa shape index (κ1) is 33.4. The van der Waals surface area contributed by atoms with Gasteiger partial charge in [0.2, 0.25) is 0 Å². The fourth-order valence-electron chi connectivity index (χ4n) is 9.50. The number of benzene rings is 10. The van der Waals surface area contributed by atoms with E-state index in [0.717, 1.165) is 0 Å². The van der Waals surface area contributed by atoms with Crippen molar-refractivity contribution in [2.24, 2.45) is 0 Å². The van der Waals surface area contributed by atoms with Crippen LogP contribution in [0.1, 0.15) is 0 Å². The van der Waals surface area contributed by atoms with E-state index in [1.807, 2.05) is 0 Å². The molecular formula is C54H38Ge2. The molecule has 0 saturated carbocycles. The molecule has 262 valence electrons. The summed E-state index contributed by atoms with van der Waals surface area (Å²) in [7, 11) is 0. The zero-order chi connectivity index (χ0) is 37.2. The van der Waals surface area contributed by atoms with Gasteiger partial charge in [-0.3, -0.25) is 0 Å². The van der Waals surface area contributed by atoms with Gasteiger partial charge in [0.1, 0.15) is 0 Å². The van der Waals surface area contributed by atoms with Crippen LogP contribution in [0.5, 0.6) is 0 Å². The monoisotopic (exact) mass is 834 g/mol. The van der Waals surface area contributed by atoms with Crippen LogP contribution in [0.4, 0.5) is 0 Å². The summed E-state index contributed by atoms with van der Waals surface area (Å²) in [5.41, 5.74) is 15.8. The molecule has 0 atom stereocenters. The van der Waals surface area contributed by atoms with Gasteiger partial charge in [0, 0.05) is 0 Å². The van der Waals surface area contributed by atoms with Crippen LogP contribution in [0, 0.1) is 0 Å². The second kappa shape index (κ2) is 13.7. The minimum absolute atomic E-state index is 0.554. The Bertz CT molecular complexity index is 3180. The van der Waals surface area contributed by atoms with Crippen molar-refractivity contribution in [2.45, 2.75) is 0 Å². The number of rotatable bonds is 5. The summed E-state index contributed by atoms with van der Waals surface area (Å²) in [4.78, 5) is 0. The van der Waals surface area contributed by atoms with E-state index >= 15 is 0 Å². The van der Waals surface area contributed by atoms with Crippen LogP contribution in [0.15, 0.2) is 200 Å². The van der Waals surface area contributed by atoms with Crippen molar-refractivity contribution in [1.82, 2.24) is 0 Å². The Labute approximate surface area is 342 Å². The summed E-state index contributed by atoms with van der Waals surface area (Å²) < 4.78 is 4.65. The maximum atomic E-state index is 2.52.